The van der Waals surface area contributed by atoms with E-state index in [0.29, 0.717) is 42.2 Å². The fourth-order valence-corrected chi connectivity index (χ4v) is 8.63. The largest absolute Gasteiger partial charge is 0.508 e. The maximum Gasteiger partial charge on any atom is 0.406 e. The van der Waals surface area contributed by atoms with Crippen LogP contribution in [0.25, 0.3) is 22.3 Å². The highest BCUT2D eigenvalue weighted by Gasteiger charge is 2.50. The minimum atomic E-state index is -0.648. The minimum absolute atomic E-state index is 0.0104. The second-order valence-corrected chi connectivity index (χ2v) is 13.9. The van der Waals surface area contributed by atoms with Crippen molar-refractivity contribution in [2.75, 3.05) is 44.8 Å². The number of carbonyl (C=O) groups is 1. The number of hydrogen-bond donors (Lipinski definition) is 3. The number of benzene rings is 2. The van der Waals surface area contributed by atoms with Gasteiger partial charge in [0.25, 0.3) is 0 Å². The molecule has 4 aliphatic rings. The number of rotatable bonds is 10. The van der Waals surface area contributed by atoms with Gasteiger partial charge in [-0.25, -0.2) is 9.18 Å². The summed E-state index contributed by atoms with van der Waals surface area (Å²) in [6.45, 7) is 10.7. The average molecular weight is 672 g/mol. The molecule has 3 N–H and O–H groups in total. The van der Waals surface area contributed by atoms with E-state index in [-0.39, 0.29) is 34.7 Å². The Morgan fingerprint density at radius 2 is 2.00 bits per heavy atom. The Balaban J connectivity index is 1.28. The van der Waals surface area contributed by atoms with E-state index in [4.69, 9.17) is 19.4 Å². The fourth-order valence-electron chi connectivity index (χ4n) is 8.63. The Morgan fingerprint density at radius 1 is 1.20 bits per heavy atom. The number of fused-ring (bicyclic) bond motifs is 4. The highest BCUT2D eigenvalue weighted by Crippen LogP contribution is 2.44. The van der Waals surface area contributed by atoms with Crippen LogP contribution in [0.15, 0.2) is 35.3 Å². The first-order valence-corrected chi connectivity index (χ1v) is 17.5. The number of aliphatic imine (C=N–C) groups is 1. The predicted molar refractivity (Wildman–Crippen MR) is 189 cm³/mol. The molecule has 260 valence electrons. The molecule has 2 aromatic carbocycles. The second kappa shape index (κ2) is 13.5. The molecule has 3 aromatic rings. The second-order valence-electron chi connectivity index (χ2n) is 13.9. The van der Waals surface area contributed by atoms with Gasteiger partial charge in [-0.15, -0.1) is 0 Å². The zero-order valence-electron chi connectivity index (χ0n) is 28.6. The summed E-state index contributed by atoms with van der Waals surface area (Å²) in [5.74, 6) is 0.0157. The standard InChI is InChI=1S/C37H46FN7O4/c1-5-23-8-6-9-24-16-28(46)17-29(30(23)24)33(39-3)31(38)32-22(2)34(44-18-25-10-11-26(19-44)41-25)43-35(42-32)49-21-37-13-7-15-45(37)27(12-14-37)20-48-36(47)40-4/h6,8-9,16-17,25-27,41,46H,3,5,7,10-15,18-21H2,1-2,4H3,(H,40,47)/b33-31+/t25?,26?,27-,37?/m1/s1. The topological polar surface area (TPSA) is 124 Å². The first-order chi connectivity index (χ1) is 23.7. The molecule has 2 bridgehead atoms. The van der Waals surface area contributed by atoms with Gasteiger partial charge in [0.15, 0.2) is 5.83 Å². The predicted octanol–water partition coefficient (Wildman–Crippen LogP) is 5.37. The Morgan fingerprint density at radius 3 is 2.73 bits per heavy atom. The van der Waals surface area contributed by atoms with Gasteiger partial charge in [0.2, 0.25) is 0 Å². The van der Waals surface area contributed by atoms with Gasteiger partial charge in [-0.1, -0.05) is 25.1 Å². The third-order valence-electron chi connectivity index (χ3n) is 11.0. The van der Waals surface area contributed by atoms with Gasteiger partial charge in [0, 0.05) is 49.4 Å². The van der Waals surface area contributed by atoms with Gasteiger partial charge < -0.3 is 30.1 Å². The maximum absolute atomic E-state index is 17.2. The number of nitrogens with one attached hydrogen (secondary N) is 2. The molecule has 5 heterocycles. The Labute approximate surface area is 286 Å². The van der Waals surface area contributed by atoms with Gasteiger partial charge in [-0.05, 0) is 93.6 Å². The molecule has 4 atom stereocenters. The number of aryl methyl sites for hydroxylation is 1. The van der Waals surface area contributed by atoms with Crippen molar-refractivity contribution in [3.8, 4) is 11.8 Å². The summed E-state index contributed by atoms with van der Waals surface area (Å²) in [6, 6.07) is 9.97. The number of amides is 1. The van der Waals surface area contributed by atoms with Gasteiger partial charge in [-0.2, -0.15) is 9.97 Å². The quantitative estimate of drug-likeness (QED) is 0.244. The van der Waals surface area contributed by atoms with Crippen LogP contribution < -0.4 is 20.3 Å². The van der Waals surface area contributed by atoms with Gasteiger partial charge in [-0.3, -0.25) is 9.89 Å². The van der Waals surface area contributed by atoms with Crippen LogP contribution in [-0.4, -0.2) is 96.3 Å². The zero-order valence-corrected chi connectivity index (χ0v) is 28.6. The lowest BCUT2D eigenvalue weighted by atomic mass is 9.95. The van der Waals surface area contributed by atoms with Crippen molar-refractivity contribution in [3.63, 3.8) is 0 Å². The number of anilines is 1. The Kier molecular flexibility index (Phi) is 9.19. The first kappa shape index (κ1) is 33.2. The molecule has 4 aliphatic heterocycles. The smallest absolute Gasteiger partial charge is 0.406 e. The molecule has 0 aliphatic carbocycles. The van der Waals surface area contributed by atoms with E-state index in [1.54, 1.807) is 19.2 Å². The van der Waals surface area contributed by atoms with E-state index in [2.05, 4.69) is 32.1 Å². The van der Waals surface area contributed by atoms with E-state index in [9.17, 15) is 9.90 Å². The van der Waals surface area contributed by atoms with Crippen LogP contribution in [0.3, 0.4) is 0 Å². The van der Waals surface area contributed by atoms with Crippen LogP contribution in [0.2, 0.25) is 0 Å². The van der Waals surface area contributed by atoms with Crippen molar-refractivity contribution in [1.29, 1.82) is 0 Å². The number of nitrogens with zero attached hydrogens (tertiary/aromatic N) is 5. The van der Waals surface area contributed by atoms with Crippen molar-refractivity contribution in [2.24, 2.45) is 4.99 Å². The monoisotopic (exact) mass is 671 g/mol. The molecule has 49 heavy (non-hydrogen) atoms. The molecule has 12 heteroatoms. The van der Waals surface area contributed by atoms with E-state index in [1.807, 2.05) is 32.0 Å². The normalized spacial score (nSPS) is 25.3. The highest BCUT2D eigenvalue weighted by molar-refractivity contribution is 6.02. The lowest BCUT2D eigenvalue weighted by molar-refractivity contribution is 0.0554. The molecular formula is C37H46FN7O4. The summed E-state index contributed by atoms with van der Waals surface area (Å²) in [7, 11) is 1.56. The molecule has 11 nitrogen and oxygen atoms in total. The van der Waals surface area contributed by atoms with Crippen molar-refractivity contribution in [2.45, 2.75) is 82.5 Å². The lowest BCUT2D eigenvalue weighted by Gasteiger charge is -2.35. The Hall–Kier alpha value is -4.29. The summed E-state index contributed by atoms with van der Waals surface area (Å²) in [6.07, 6.45) is 6.20. The number of phenolic OH excluding ortho intramolecular Hbond substituents is 1. The molecular weight excluding hydrogens is 625 g/mol. The average Bonchev–Trinajstić information content (AvgIpc) is 3.78. The van der Waals surface area contributed by atoms with E-state index in [0.717, 1.165) is 80.9 Å². The number of ether oxygens (including phenoxy) is 2. The van der Waals surface area contributed by atoms with Gasteiger partial charge in [0.05, 0.1) is 5.54 Å². The van der Waals surface area contributed by atoms with Gasteiger partial charge in [0.1, 0.15) is 36.2 Å². The van der Waals surface area contributed by atoms with Crippen molar-refractivity contribution in [1.82, 2.24) is 25.5 Å². The van der Waals surface area contributed by atoms with Gasteiger partial charge >= 0.3 is 12.1 Å². The summed E-state index contributed by atoms with van der Waals surface area (Å²) in [5.41, 5.74) is 1.94. The molecule has 0 radical (unpaired) electrons. The summed E-state index contributed by atoms with van der Waals surface area (Å²) < 4.78 is 29.1. The van der Waals surface area contributed by atoms with E-state index >= 15 is 4.39 Å². The van der Waals surface area contributed by atoms with Crippen LogP contribution in [-0.2, 0) is 11.2 Å². The molecule has 0 saturated carbocycles. The third kappa shape index (κ3) is 6.20. The van der Waals surface area contributed by atoms with E-state index < -0.39 is 11.9 Å². The summed E-state index contributed by atoms with van der Waals surface area (Å²) >= 11 is 0. The van der Waals surface area contributed by atoms with Crippen molar-refractivity contribution >= 4 is 40.9 Å². The Bertz CT molecular complexity index is 1790. The number of aromatic nitrogens is 2. The minimum Gasteiger partial charge on any atom is -0.508 e. The SMILES string of the molecule is C=N/C(=C(/F)c1nc(OCC23CCCN2[C@@H](COC(=O)NC)CC3)nc(N2CC3CCC(C2)N3)c1C)c1cc(O)cc2cccc(CC)c12. The molecule has 7 rings (SSSR count). The zero-order chi connectivity index (χ0) is 34.3. The molecule has 3 unspecified atom stereocenters. The van der Waals surface area contributed by atoms with Crippen molar-refractivity contribution < 1.29 is 23.8 Å². The molecule has 1 aromatic heterocycles. The van der Waals surface area contributed by atoms with E-state index in [1.165, 1.54) is 0 Å². The van der Waals surface area contributed by atoms with Crippen LogP contribution in [0.1, 0.15) is 67.8 Å². The summed E-state index contributed by atoms with van der Waals surface area (Å²) in [5, 5.41) is 18.5. The number of alkyl carbamates (subject to hydrolysis) is 1. The van der Waals surface area contributed by atoms with Crippen LogP contribution in [0, 0.1) is 6.92 Å². The number of carbonyl (C=O) groups excluding carboxylic acids is 1. The maximum atomic E-state index is 17.2. The lowest BCUT2D eigenvalue weighted by Crippen LogP contribution is -2.51. The highest BCUT2D eigenvalue weighted by atomic mass is 19.1. The van der Waals surface area contributed by atoms with Crippen LogP contribution in [0.4, 0.5) is 15.0 Å². The first-order valence-electron chi connectivity index (χ1n) is 17.5. The summed E-state index contributed by atoms with van der Waals surface area (Å²) in [4.78, 5) is 30.3. The molecule has 4 fully saturated rings. The van der Waals surface area contributed by atoms with Crippen LogP contribution >= 0.6 is 0 Å². The molecule has 4 saturated heterocycles. The molecule has 1 amide bonds. The third-order valence-corrected chi connectivity index (χ3v) is 11.0. The number of hydrogen-bond acceptors (Lipinski definition) is 10. The number of aromatic hydroxyl groups is 1. The van der Waals surface area contributed by atoms with Crippen LogP contribution in [0.5, 0.6) is 11.8 Å². The number of piperazine rings is 1. The molecule has 0 spiro atoms. The number of phenols is 1. The number of halogens is 1. The fraction of sp³-hybridized carbons (Fsp3) is 0.514. The van der Waals surface area contributed by atoms with Crippen molar-refractivity contribution in [3.05, 3.63) is 52.7 Å².